The Morgan fingerprint density at radius 2 is 1.05 bits per heavy atom. The van der Waals surface area contributed by atoms with Crippen LogP contribution in [0.5, 0.6) is 0 Å². The van der Waals surface area contributed by atoms with Gasteiger partial charge in [-0.05, 0) is 10.8 Å². The normalized spacial score (nSPS) is 32.6. The number of esters is 4. The van der Waals surface area contributed by atoms with Crippen LogP contribution in [-0.2, 0) is 28.7 Å². The van der Waals surface area contributed by atoms with Gasteiger partial charge in [0.15, 0.2) is 0 Å². The van der Waals surface area contributed by atoms with Crippen molar-refractivity contribution in [2.24, 2.45) is 22.7 Å². The van der Waals surface area contributed by atoms with Crippen molar-refractivity contribution in [3.63, 3.8) is 0 Å². The minimum atomic E-state index is -0.796. The third-order valence-corrected chi connectivity index (χ3v) is 4.15. The number of ether oxygens (including phenoxy) is 2. The van der Waals surface area contributed by atoms with Crippen molar-refractivity contribution >= 4 is 23.9 Å². The van der Waals surface area contributed by atoms with Crippen molar-refractivity contribution in [2.45, 2.75) is 40.5 Å². The van der Waals surface area contributed by atoms with E-state index in [1.165, 1.54) is 0 Å². The zero-order valence-corrected chi connectivity index (χ0v) is 12.0. The Bertz CT molecular complexity index is 456. The first-order valence-electron chi connectivity index (χ1n) is 6.54. The predicted octanol–water partition coefficient (Wildman–Crippen LogP) is 1.22. The zero-order chi connectivity index (χ0) is 15.3. The molecule has 0 amide bonds. The molecule has 2 heterocycles. The van der Waals surface area contributed by atoms with E-state index in [0.29, 0.717) is 0 Å². The summed E-state index contributed by atoms with van der Waals surface area (Å²) in [6.07, 6.45) is 0.106. The molecular formula is C14H18O6. The van der Waals surface area contributed by atoms with Crippen LogP contribution in [0.1, 0.15) is 40.5 Å². The van der Waals surface area contributed by atoms with E-state index in [-0.39, 0.29) is 12.8 Å². The number of cyclic esters (lactones) is 4. The zero-order valence-electron chi connectivity index (χ0n) is 12.0. The molecule has 0 N–H and O–H groups in total. The second-order valence-corrected chi connectivity index (χ2v) is 6.87. The van der Waals surface area contributed by atoms with Gasteiger partial charge in [0.2, 0.25) is 0 Å². The molecule has 0 spiro atoms. The molecule has 2 fully saturated rings. The van der Waals surface area contributed by atoms with Gasteiger partial charge in [0, 0.05) is 0 Å². The van der Waals surface area contributed by atoms with Crippen LogP contribution in [-0.4, -0.2) is 23.9 Å². The molecule has 20 heavy (non-hydrogen) atoms. The summed E-state index contributed by atoms with van der Waals surface area (Å²) in [5.41, 5.74) is -1.43. The molecule has 6 nitrogen and oxygen atoms in total. The molecule has 2 aliphatic heterocycles. The van der Waals surface area contributed by atoms with E-state index >= 15 is 0 Å². The summed E-state index contributed by atoms with van der Waals surface area (Å²) >= 11 is 0. The van der Waals surface area contributed by atoms with E-state index in [0.717, 1.165) is 0 Å². The second kappa shape index (κ2) is 4.40. The lowest BCUT2D eigenvalue weighted by molar-refractivity contribution is -0.194. The van der Waals surface area contributed by atoms with E-state index in [1.807, 2.05) is 0 Å². The predicted molar refractivity (Wildman–Crippen MR) is 66.0 cm³/mol. The van der Waals surface area contributed by atoms with Crippen LogP contribution < -0.4 is 0 Å². The fraction of sp³-hybridized carbons (Fsp3) is 0.714. The number of hydrogen-bond donors (Lipinski definition) is 0. The van der Waals surface area contributed by atoms with Crippen LogP contribution in [0.25, 0.3) is 0 Å². The topological polar surface area (TPSA) is 86.7 Å². The third kappa shape index (κ3) is 2.34. The Balaban J connectivity index is 2.42. The van der Waals surface area contributed by atoms with Crippen molar-refractivity contribution in [1.29, 1.82) is 0 Å². The summed E-state index contributed by atoms with van der Waals surface area (Å²) < 4.78 is 9.37. The maximum absolute atomic E-state index is 12.1. The van der Waals surface area contributed by atoms with E-state index in [2.05, 4.69) is 9.47 Å². The van der Waals surface area contributed by atoms with E-state index in [1.54, 1.807) is 27.7 Å². The Morgan fingerprint density at radius 1 is 0.750 bits per heavy atom. The maximum atomic E-state index is 12.1. The lowest BCUT2D eigenvalue weighted by atomic mass is 9.59. The first-order chi connectivity index (χ1) is 9.04. The highest BCUT2D eigenvalue weighted by molar-refractivity contribution is 5.97. The molecule has 0 aromatic heterocycles. The average molecular weight is 282 g/mol. The summed E-state index contributed by atoms with van der Waals surface area (Å²) in [5.74, 6) is -4.19. The molecule has 0 radical (unpaired) electrons. The van der Waals surface area contributed by atoms with Crippen molar-refractivity contribution in [3.05, 3.63) is 0 Å². The first-order valence-corrected chi connectivity index (χ1v) is 6.54. The van der Waals surface area contributed by atoms with Gasteiger partial charge in [-0.1, -0.05) is 27.7 Å². The van der Waals surface area contributed by atoms with Gasteiger partial charge in [-0.15, -0.1) is 0 Å². The highest BCUT2D eigenvalue weighted by Crippen LogP contribution is 2.49. The van der Waals surface area contributed by atoms with Crippen molar-refractivity contribution in [1.82, 2.24) is 0 Å². The molecule has 2 aliphatic rings. The Hall–Kier alpha value is -1.72. The van der Waals surface area contributed by atoms with Gasteiger partial charge >= 0.3 is 23.9 Å². The van der Waals surface area contributed by atoms with Gasteiger partial charge < -0.3 is 9.47 Å². The molecule has 0 aromatic carbocycles. The van der Waals surface area contributed by atoms with Gasteiger partial charge in [0.05, 0.1) is 24.7 Å². The molecule has 0 aromatic rings. The van der Waals surface area contributed by atoms with E-state index in [9.17, 15) is 19.2 Å². The Labute approximate surface area is 116 Å². The molecule has 0 saturated carbocycles. The lowest BCUT2D eigenvalue weighted by Gasteiger charge is -2.46. The smallest absolute Gasteiger partial charge is 0.318 e. The Morgan fingerprint density at radius 3 is 1.30 bits per heavy atom. The minimum absolute atomic E-state index is 0.0528. The lowest BCUT2D eigenvalue weighted by Crippen LogP contribution is -2.54. The number of carbonyl (C=O) groups excluding carboxylic acids is 4. The quantitative estimate of drug-likeness (QED) is 0.531. The van der Waals surface area contributed by atoms with Crippen LogP contribution in [0.3, 0.4) is 0 Å². The standard InChI is InChI=1S/C14H18O6/c1-13(2)5-7(15)19-11(17)9(13)10-12(18)20-8(16)6-14(10,3)4/h9-10H,5-6H2,1-4H3. The number of carbonyl (C=O) groups is 4. The fourth-order valence-corrected chi connectivity index (χ4v) is 3.20. The molecule has 0 bridgehead atoms. The van der Waals surface area contributed by atoms with Gasteiger partial charge in [-0.2, -0.15) is 0 Å². The summed E-state index contributed by atoms with van der Waals surface area (Å²) in [6, 6.07) is 0. The monoisotopic (exact) mass is 282 g/mol. The molecule has 2 saturated heterocycles. The SMILES string of the molecule is CC1(C)CC(=O)OC(=O)C1C1C(=O)OC(=O)CC1(C)C. The van der Waals surface area contributed by atoms with Gasteiger partial charge in [-0.3, -0.25) is 19.2 Å². The summed E-state index contributed by atoms with van der Waals surface area (Å²) in [5, 5.41) is 0. The van der Waals surface area contributed by atoms with Crippen molar-refractivity contribution in [2.75, 3.05) is 0 Å². The highest BCUT2D eigenvalue weighted by atomic mass is 16.6. The fourth-order valence-electron chi connectivity index (χ4n) is 3.20. The second-order valence-electron chi connectivity index (χ2n) is 6.87. The number of hydrogen-bond acceptors (Lipinski definition) is 6. The van der Waals surface area contributed by atoms with Gasteiger partial charge in [-0.25, -0.2) is 0 Å². The Kier molecular flexibility index (Phi) is 3.23. The average Bonchev–Trinajstić information content (AvgIpc) is 2.18. The van der Waals surface area contributed by atoms with Crippen LogP contribution in [0.2, 0.25) is 0 Å². The van der Waals surface area contributed by atoms with Gasteiger partial charge in [0.1, 0.15) is 0 Å². The largest absolute Gasteiger partial charge is 0.393 e. The van der Waals surface area contributed by atoms with Crippen molar-refractivity contribution in [3.8, 4) is 0 Å². The first kappa shape index (κ1) is 14.7. The molecule has 6 heteroatoms. The molecule has 0 aliphatic carbocycles. The molecular weight excluding hydrogens is 264 g/mol. The van der Waals surface area contributed by atoms with E-state index in [4.69, 9.17) is 0 Å². The molecule has 110 valence electrons. The van der Waals surface area contributed by atoms with Crippen LogP contribution in [0.4, 0.5) is 0 Å². The van der Waals surface area contributed by atoms with Gasteiger partial charge in [0.25, 0.3) is 0 Å². The molecule has 2 atom stereocenters. The minimum Gasteiger partial charge on any atom is -0.393 e. The van der Waals surface area contributed by atoms with E-state index < -0.39 is 46.5 Å². The number of rotatable bonds is 1. The molecule has 2 unspecified atom stereocenters. The van der Waals surface area contributed by atoms with Crippen LogP contribution in [0, 0.1) is 22.7 Å². The maximum Gasteiger partial charge on any atom is 0.318 e. The van der Waals surface area contributed by atoms with Crippen LogP contribution in [0.15, 0.2) is 0 Å². The van der Waals surface area contributed by atoms with Crippen molar-refractivity contribution < 1.29 is 28.7 Å². The summed E-state index contributed by atoms with van der Waals surface area (Å²) in [7, 11) is 0. The summed E-state index contributed by atoms with van der Waals surface area (Å²) in [6.45, 7) is 6.98. The highest BCUT2D eigenvalue weighted by Gasteiger charge is 2.57. The van der Waals surface area contributed by atoms with Crippen LogP contribution >= 0.6 is 0 Å². The third-order valence-electron chi connectivity index (χ3n) is 4.15. The summed E-state index contributed by atoms with van der Waals surface area (Å²) in [4.78, 5) is 47.0. The molecule has 2 rings (SSSR count).